The minimum absolute atomic E-state index is 0.0611. The molecule has 0 fully saturated rings. The van der Waals surface area contributed by atoms with Crippen LogP contribution in [-0.4, -0.2) is 48.8 Å². The predicted octanol–water partition coefficient (Wildman–Crippen LogP) is 3.40. The summed E-state index contributed by atoms with van der Waals surface area (Å²) < 4.78 is 38.7. The van der Waals surface area contributed by atoms with E-state index in [4.69, 9.17) is 0 Å². The number of benzene rings is 1. The van der Waals surface area contributed by atoms with Gasteiger partial charge in [-0.25, -0.2) is 4.79 Å². The molecule has 1 aromatic rings. The van der Waals surface area contributed by atoms with E-state index in [1.807, 2.05) is 0 Å². The van der Waals surface area contributed by atoms with Crippen molar-refractivity contribution in [3.8, 4) is 0 Å². The lowest BCUT2D eigenvalue weighted by molar-refractivity contribution is -0.137. The van der Waals surface area contributed by atoms with Crippen LogP contribution in [0.2, 0.25) is 0 Å². The number of carbonyl (C=O) groups is 1. The van der Waals surface area contributed by atoms with Crippen molar-refractivity contribution < 1.29 is 23.1 Å². The number of alkyl halides is 3. The van der Waals surface area contributed by atoms with Gasteiger partial charge in [0.25, 0.3) is 0 Å². The molecule has 1 aromatic carbocycles. The number of nitrogens with one attached hydrogen (secondary N) is 1. The standard InChI is InChI=1S/C16H24F3N3O2/c1-6-22(10-15(2,3)24)14(23)20-12-9-11(16(17,18)19)7-8-13(12)21(4)5/h7-9,24H,6,10H2,1-5H3,(H,20,23). The van der Waals surface area contributed by atoms with Crippen molar-refractivity contribution in [2.45, 2.75) is 32.5 Å². The Morgan fingerprint density at radius 1 is 1.25 bits per heavy atom. The van der Waals surface area contributed by atoms with Gasteiger partial charge in [0, 0.05) is 20.6 Å². The number of rotatable bonds is 5. The highest BCUT2D eigenvalue weighted by molar-refractivity contribution is 5.93. The summed E-state index contributed by atoms with van der Waals surface area (Å²) in [6.07, 6.45) is -4.50. The molecule has 0 saturated carbocycles. The van der Waals surface area contributed by atoms with Gasteiger partial charge in [-0.1, -0.05) is 0 Å². The molecule has 0 radical (unpaired) electrons. The third kappa shape index (κ3) is 5.59. The van der Waals surface area contributed by atoms with Crippen LogP contribution in [0.5, 0.6) is 0 Å². The van der Waals surface area contributed by atoms with Crippen molar-refractivity contribution in [2.24, 2.45) is 0 Å². The maximum atomic E-state index is 12.9. The molecular weight excluding hydrogens is 323 g/mol. The first-order chi connectivity index (χ1) is 10.8. The van der Waals surface area contributed by atoms with Crippen LogP contribution in [0.1, 0.15) is 26.3 Å². The van der Waals surface area contributed by atoms with Gasteiger partial charge in [-0.15, -0.1) is 0 Å². The van der Waals surface area contributed by atoms with Crippen LogP contribution in [0, 0.1) is 0 Å². The molecule has 136 valence electrons. The molecule has 2 amide bonds. The molecule has 0 atom stereocenters. The van der Waals surface area contributed by atoms with E-state index < -0.39 is 23.4 Å². The highest BCUT2D eigenvalue weighted by Gasteiger charge is 2.31. The molecule has 5 nitrogen and oxygen atoms in total. The van der Waals surface area contributed by atoms with E-state index in [2.05, 4.69) is 5.32 Å². The number of halogens is 3. The molecule has 0 aliphatic carbocycles. The molecule has 0 heterocycles. The molecule has 0 bridgehead atoms. The largest absolute Gasteiger partial charge is 0.416 e. The van der Waals surface area contributed by atoms with Gasteiger partial charge in [0.15, 0.2) is 0 Å². The Labute approximate surface area is 140 Å². The SMILES string of the molecule is CCN(CC(C)(C)O)C(=O)Nc1cc(C(F)(F)F)ccc1N(C)C. The third-order valence-electron chi connectivity index (χ3n) is 3.29. The second-order valence-corrected chi connectivity index (χ2v) is 6.38. The van der Waals surface area contributed by atoms with Gasteiger partial charge in [0.05, 0.1) is 29.1 Å². The number of hydrogen-bond acceptors (Lipinski definition) is 3. The number of amides is 2. The summed E-state index contributed by atoms with van der Waals surface area (Å²) in [6.45, 7) is 5.21. The number of hydrogen-bond donors (Lipinski definition) is 2. The second kappa shape index (κ2) is 7.29. The van der Waals surface area contributed by atoms with Gasteiger partial charge in [-0.2, -0.15) is 13.2 Å². The molecule has 0 aliphatic rings. The van der Waals surface area contributed by atoms with Gasteiger partial charge in [0.2, 0.25) is 0 Å². The smallest absolute Gasteiger partial charge is 0.389 e. The van der Waals surface area contributed by atoms with Gasteiger partial charge >= 0.3 is 12.2 Å². The first-order valence-electron chi connectivity index (χ1n) is 7.52. The monoisotopic (exact) mass is 347 g/mol. The highest BCUT2D eigenvalue weighted by Crippen LogP contribution is 2.35. The van der Waals surface area contributed by atoms with E-state index in [1.54, 1.807) is 39.8 Å². The Kier molecular flexibility index (Phi) is 6.10. The zero-order valence-electron chi connectivity index (χ0n) is 14.5. The van der Waals surface area contributed by atoms with Gasteiger partial charge in [0.1, 0.15) is 0 Å². The van der Waals surface area contributed by atoms with Crippen LogP contribution in [0.25, 0.3) is 0 Å². The average molecular weight is 347 g/mol. The number of likely N-dealkylation sites (N-methyl/N-ethyl adjacent to an activating group) is 1. The van der Waals surface area contributed by atoms with Crippen molar-refractivity contribution in [3.05, 3.63) is 23.8 Å². The molecule has 2 N–H and O–H groups in total. The Bertz CT molecular complexity index is 581. The minimum Gasteiger partial charge on any atom is -0.389 e. The fraction of sp³-hybridized carbons (Fsp3) is 0.562. The summed E-state index contributed by atoms with van der Waals surface area (Å²) in [4.78, 5) is 15.3. The van der Waals surface area contributed by atoms with Crippen LogP contribution < -0.4 is 10.2 Å². The Balaban J connectivity index is 3.12. The Hall–Kier alpha value is -1.96. The number of carbonyl (C=O) groups excluding carboxylic acids is 1. The lowest BCUT2D eigenvalue weighted by Gasteiger charge is -2.29. The minimum atomic E-state index is -4.50. The number of urea groups is 1. The van der Waals surface area contributed by atoms with Crippen molar-refractivity contribution in [1.29, 1.82) is 0 Å². The molecular formula is C16H24F3N3O2. The van der Waals surface area contributed by atoms with E-state index in [9.17, 15) is 23.1 Å². The maximum absolute atomic E-state index is 12.9. The lowest BCUT2D eigenvalue weighted by atomic mass is 10.1. The van der Waals surface area contributed by atoms with Gasteiger partial charge < -0.3 is 20.2 Å². The summed E-state index contributed by atoms with van der Waals surface area (Å²) in [5.74, 6) is 0. The van der Waals surface area contributed by atoms with Gasteiger partial charge in [-0.05, 0) is 39.0 Å². The summed E-state index contributed by atoms with van der Waals surface area (Å²) in [5.41, 5.74) is -1.43. The molecule has 0 aromatic heterocycles. The van der Waals surface area contributed by atoms with E-state index in [0.717, 1.165) is 12.1 Å². The van der Waals surface area contributed by atoms with E-state index in [-0.39, 0.29) is 12.2 Å². The van der Waals surface area contributed by atoms with Crippen LogP contribution in [0.4, 0.5) is 29.3 Å². The molecule has 1 rings (SSSR count). The summed E-state index contributed by atoms with van der Waals surface area (Å²) in [6, 6.07) is 2.62. The zero-order valence-corrected chi connectivity index (χ0v) is 14.5. The average Bonchev–Trinajstić information content (AvgIpc) is 2.42. The van der Waals surface area contributed by atoms with Crippen molar-refractivity contribution in [3.63, 3.8) is 0 Å². The first-order valence-corrected chi connectivity index (χ1v) is 7.52. The zero-order chi connectivity index (χ0) is 18.7. The van der Waals surface area contributed by atoms with Crippen molar-refractivity contribution in [1.82, 2.24) is 4.90 Å². The van der Waals surface area contributed by atoms with E-state index in [1.165, 1.54) is 11.0 Å². The summed E-state index contributed by atoms with van der Waals surface area (Å²) in [7, 11) is 3.35. The fourth-order valence-corrected chi connectivity index (χ4v) is 2.19. The molecule has 0 unspecified atom stereocenters. The Morgan fingerprint density at radius 2 is 1.83 bits per heavy atom. The number of anilines is 2. The maximum Gasteiger partial charge on any atom is 0.416 e. The van der Waals surface area contributed by atoms with E-state index >= 15 is 0 Å². The van der Waals surface area contributed by atoms with Crippen LogP contribution >= 0.6 is 0 Å². The first kappa shape index (κ1) is 20.1. The molecule has 0 saturated heterocycles. The Morgan fingerprint density at radius 3 is 2.25 bits per heavy atom. The quantitative estimate of drug-likeness (QED) is 0.858. The topological polar surface area (TPSA) is 55.8 Å². The van der Waals surface area contributed by atoms with Gasteiger partial charge in [-0.3, -0.25) is 0 Å². The molecule has 8 heteroatoms. The fourth-order valence-electron chi connectivity index (χ4n) is 2.19. The second-order valence-electron chi connectivity index (χ2n) is 6.38. The van der Waals surface area contributed by atoms with Crippen molar-refractivity contribution >= 4 is 17.4 Å². The normalized spacial score (nSPS) is 12.0. The summed E-state index contributed by atoms with van der Waals surface area (Å²) >= 11 is 0. The third-order valence-corrected chi connectivity index (χ3v) is 3.29. The number of aliphatic hydroxyl groups is 1. The molecule has 24 heavy (non-hydrogen) atoms. The lowest BCUT2D eigenvalue weighted by Crippen LogP contribution is -2.44. The van der Waals surface area contributed by atoms with Crippen LogP contribution in [0.3, 0.4) is 0 Å². The summed E-state index contributed by atoms with van der Waals surface area (Å²) in [5, 5.41) is 12.4. The highest BCUT2D eigenvalue weighted by atomic mass is 19.4. The molecule has 0 spiro atoms. The van der Waals surface area contributed by atoms with Crippen LogP contribution in [0.15, 0.2) is 18.2 Å². The predicted molar refractivity (Wildman–Crippen MR) is 88.3 cm³/mol. The van der Waals surface area contributed by atoms with E-state index in [0.29, 0.717) is 12.2 Å². The van der Waals surface area contributed by atoms with Crippen molar-refractivity contribution in [2.75, 3.05) is 37.4 Å². The van der Waals surface area contributed by atoms with Crippen LogP contribution in [-0.2, 0) is 6.18 Å². The number of nitrogens with zero attached hydrogens (tertiary/aromatic N) is 2. The molecule has 0 aliphatic heterocycles.